The molecular weight excluding hydrogens is 178 g/mol. The van der Waals surface area contributed by atoms with Crippen LogP contribution in [0.2, 0.25) is 0 Å². The molecule has 2 rings (SSSR count). The van der Waals surface area contributed by atoms with Gasteiger partial charge in [-0.3, -0.25) is 0 Å². The summed E-state index contributed by atoms with van der Waals surface area (Å²) in [6, 6.07) is 0. The van der Waals surface area contributed by atoms with Crippen LogP contribution in [0.15, 0.2) is 0 Å². The summed E-state index contributed by atoms with van der Waals surface area (Å²) in [7, 11) is 1.93. The third kappa shape index (κ3) is 1.34. The maximum Gasteiger partial charge on any atom is 0.158 e. The summed E-state index contributed by atoms with van der Waals surface area (Å²) < 4.78 is 1.94. The first kappa shape index (κ1) is 9.65. The Hall–Kier alpha value is -0.900. The predicted molar refractivity (Wildman–Crippen MR) is 52.7 cm³/mol. The van der Waals surface area contributed by atoms with Gasteiger partial charge >= 0.3 is 0 Å². The minimum Gasteiger partial charge on any atom is -0.388 e. The maximum atomic E-state index is 9.04. The van der Waals surface area contributed by atoms with Gasteiger partial charge in [-0.1, -0.05) is 19.8 Å². The summed E-state index contributed by atoms with van der Waals surface area (Å²) in [4.78, 5) is 0. The summed E-state index contributed by atoms with van der Waals surface area (Å²) in [5, 5.41) is 17.2. The van der Waals surface area contributed by atoms with Crippen LogP contribution < -0.4 is 0 Å². The molecule has 4 nitrogen and oxygen atoms in total. The molecule has 1 aliphatic carbocycles. The fourth-order valence-electron chi connectivity index (χ4n) is 2.40. The number of nitrogens with zero attached hydrogens (tertiary/aromatic N) is 3. The van der Waals surface area contributed by atoms with E-state index in [1.54, 1.807) is 0 Å². The first-order valence-corrected chi connectivity index (χ1v) is 5.17. The standard InChI is InChI=1S/C10H17N3O/c1-10(5-3-4-6-10)9-12-11-8(7-14)13(9)2/h14H,3-7H2,1-2H3. The molecule has 78 valence electrons. The highest BCUT2D eigenvalue weighted by Gasteiger charge is 2.35. The predicted octanol–water partition coefficient (Wildman–Crippen LogP) is 1.14. The molecule has 1 saturated carbocycles. The van der Waals surface area contributed by atoms with Gasteiger partial charge in [0.25, 0.3) is 0 Å². The van der Waals surface area contributed by atoms with Crippen molar-refractivity contribution in [1.82, 2.24) is 14.8 Å². The Labute approximate surface area is 84.0 Å². The van der Waals surface area contributed by atoms with Gasteiger partial charge in [0.15, 0.2) is 5.82 Å². The van der Waals surface area contributed by atoms with Gasteiger partial charge in [-0.25, -0.2) is 0 Å². The van der Waals surface area contributed by atoms with Gasteiger partial charge in [-0.2, -0.15) is 0 Å². The second-order valence-corrected chi connectivity index (χ2v) is 4.42. The fraction of sp³-hybridized carbons (Fsp3) is 0.800. The van der Waals surface area contributed by atoms with E-state index >= 15 is 0 Å². The zero-order valence-corrected chi connectivity index (χ0v) is 8.82. The third-order valence-corrected chi connectivity index (χ3v) is 3.35. The summed E-state index contributed by atoms with van der Waals surface area (Å²) in [5.74, 6) is 1.69. The molecule has 4 heteroatoms. The van der Waals surface area contributed by atoms with Crippen LogP contribution in [0.4, 0.5) is 0 Å². The summed E-state index contributed by atoms with van der Waals surface area (Å²) in [5.41, 5.74) is 0.176. The maximum absolute atomic E-state index is 9.04. The van der Waals surface area contributed by atoms with E-state index in [1.165, 1.54) is 25.7 Å². The Bertz CT molecular complexity index is 326. The lowest BCUT2D eigenvalue weighted by Crippen LogP contribution is -2.22. The molecule has 0 amide bonds. The van der Waals surface area contributed by atoms with Gasteiger partial charge in [-0.05, 0) is 12.8 Å². The van der Waals surface area contributed by atoms with Crippen LogP contribution in [0.3, 0.4) is 0 Å². The fourth-order valence-corrected chi connectivity index (χ4v) is 2.40. The highest BCUT2D eigenvalue weighted by molar-refractivity contribution is 5.10. The Kier molecular flexibility index (Phi) is 2.31. The van der Waals surface area contributed by atoms with E-state index in [0.29, 0.717) is 5.82 Å². The number of hydrogen-bond donors (Lipinski definition) is 1. The van der Waals surface area contributed by atoms with Crippen molar-refractivity contribution in [2.45, 2.75) is 44.6 Å². The van der Waals surface area contributed by atoms with Crippen LogP contribution in [0, 0.1) is 0 Å². The van der Waals surface area contributed by atoms with Crippen molar-refractivity contribution >= 4 is 0 Å². The first-order valence-electron chi connectivity index (χ1n) is 5.17. The first-order chi connectivity index (χ1) is 6.67. The quantitative estimate of drug-likeness (QED) is 0.770. The molecule has 1 aromatic rings. The molecule has 14 heavy (non-hydrogen) atoms. The normalized spacial score (nSPS) is 20.2. The lowest BCUT2D eigenvalue weighted by atomic mass is 9.88. The summed E-state index contributed by atoms with van der Waals surface area (Å²) in [6.45, 7) is 2.21. The van der Waals surface area contributed by atoms with Crippen LogP contribution in [-0.2, 0) is 19.1 Å². The van der Waals surface area contributed by atoms with E-state index in [0.717, 1.165) is 5.82 Å². The van der Waals surface area contributed by atoms with E-state index in [9.17, 15) is 0 Å². The number of hydrogen-bond acceptors (Lipinski definition) is 3. The lowest BCUT2D eigenvalue weighted by molar-refractivity contribution is 0.265. The molecule has 0 aromatic carbocycles. The van der Waals surface area contributed by atoms with Crippen molar-refractivity contribution in [2.75, 3.05) is 0 Å². The smallest absolute Gasteiger partial charge is 0.158 e. The van der Waals surface area contributed by atoms with Gasteiger partial charge < -0.3 is 9.67 Å². The van der Waals surface area contributed by atoms with Gasteiger partial charge in [0, 0.05) is 12.5 Å². The van der Waals surface area contributed by atoms with Crippen molar-refractivity contribution in [3.05, 3.63) is 11.6 Å². The minimum atomic E-state index is -0.0282. The Morgan fingerprint density at radius 1 is 1.36 bits per heavy atom. The second kappa shape index (κ2) is 3.35. The molecule has 1 heterocycles. The topological polar surface area (TPSA) is 50.9 Å². The van der Waals surface area contributed by atoms with Gasteiger partial charge in [0.05, 0.1) is 0 Å². The highest BCUT2D eigenvalue weighted by atomic mass is 16.3. The number of aromatic nitrogens is 3. The molecule has 0 saturated heterocycles. The Balaban J connectivity index is 2.35. The van der Waals surface area contributed by atoms with Crippen LogP contribution in [0.25, 0.3) is 0 Å². The molecule has 1 aromatic heterocycles. The van der Waals surface area contributed by atoms with Gasteiger partial charge in [0.1, 0.15) is 12.4 Å². The van der Waals surface area contributed by atoms with Crippen molar-refractivity contribution in [1.29, 1.82) is 0 Å². The van der Waals surface area contributed by atoms with E-state index in [2.05, 4.69) is 17.1 Å². The molecule has 1 N–H and O–H groups in total. The van der Waals surface area contributed by atoms with E-state index in [1.807, 2.05) is 11.6 Å². The molecule has 1 aliphatic rings. The lowest BCUT2D eigenvalue weighted by Gasteiger charge is -2.21. The second-order valence-electron chi connectivity index (χ2n) is 4.42. The molecule has 0 atom stereocenters. The van der Waals surface area contributed by atoms with Crippen LogP contribution in [0.1, 0.15) is 44.3 Å². The average molecular weight is 195 g/mol. The minimum absolute atomic E-state index is 0.0282. The highest BCUT2D eigenvalue weighted by Crippen LogP contribution is 2.39. The zero-order chi connectivity index (χ0) is 10.2. The molecule has 0 unspecified atom stereocenters. The average Bonchev–Trinajstić information content (AvgIpc) is 2.73. The Morgan fingerprint density at radius 3 is 2.50 bits per heavy atom. The van der Waals surface area contributed by atoms with Crippen molar-refractivity contribution in [3.8, 4) is 0 Å². The van der Waals surface area contributed by atoms with Crippen LogP contribution >= 0.6 is 0 Å². The molecule has 0 aliphatic heterocycles. The van der Waals surface area contributed by atoms with Crippen LogP contribution in [-0.4, -0.2) is 19.9 Å². The van der Waals surface area contributed by atoms with E-state index in [-0.39, 0.29) is 12.0 Å². The largest absolute Gasteiger partial charge is 0.388 e. The third-order valence-electron chi connectivity index (χ3n) is 3.35. The molecule has 0 radical (unpaired) electrons. The SMILES string of the molecule is Cn1c(CO)nnc1C1(C)CCCC1. The van der Waals surface area contributed by atoms with Gasteiger partial charge in [0.2, 0.25) is 0 Å². The Morgan fingerprint density at radius 2 is 2.00 bits per heavy atom. The number of aliphatic hydroxyl groups excluding tert-OH is 1. The monoisotopic (exact) mass is 195 g/mol. The molecule has 1 fully saturated rings. The number of aliphatic hydroxyl groups is 1. The molecule has 0 bridgehead atoms. The van der Waals surface area contributed by atoms with Crippen molar-refractivity contribution < 1.29 is 5.11 Å². The summed E-state index contributed by atoms with van der Waals surface area (Å²) >= 11 is 0. The summed E-state index contributed by atoms with van der Waals surface area (Å²) in [6.07, 6.45) is 4.92. The zero-order valence-electron chi connectivity index (χ0n) is 8.82. The number of rotatable bonds is 2. The van der Waals surface area contributed by atoms with Crippen LogP contribution in [0.5, 0.6) is 0 Å². The van der Waals surface area contributed by atoms with E-state index in [4.69, 9.17) is 5.11 Å². The van der Waals surface area contributed by atoms with E-state index < -0.39 is 0 Å². The van der Waals surface area contributed by atoms with Crippen molar-refractivity contribution in [3.63, 3.8) is 0 Å². The van der Waals surface area contributed by atoms with Gasteiger partial charge in [-0.15, -0.1) is 10.2 Å². The van der Waals surface area contributed by atoms with Crippen molar-refractivity contribution in [2.24, 2.45) is 7.05 Å². The molecular formula is C10H17N3O. The molecule has 0 spiro atoms.